The third-order valence-corrected chi connectivity index (χ3v) is 6.41. The van der Waals surface area contributed by atoms with Crippen molar-refractivity contribution in [3.05, 3.63) is 34.7 Å². The highest BCUT2D eigenvalue weighted by molar-refractivity contribution is 8.26. The quantitative estimate of drug-likeness (QED) is 0.544. The minimum atomic E-state index is -0.807. The fourth-order valence-corrected chi connectivity index (χ4v) is 4.59. The number of thiocarbonyl (C=S) groups is 1. The van der Waals surface area contributed by atoms with Gasteiger partial charge in [-0.05, 0) is 36.6 Å². The van der Waals surface area contributed by atoms with Crippen molar-refractivity contribution in [2.24, 2.45) is 5.92 Å². The summed E-state index contributed by atoms with van der Waals surface area (Å²) in [5.74, 6) is -0.733. The lowest BCUT2D eigenvalue weighted by Gasteiger charge is -2.30. The summed E-state index contributed by atoms with van der Waals surface area (Å²) in [5.41, 5.74) is 0.865. The molecule has 0 unspecified atom stereocenters. The number of methoxy groups -OCH3 is 1. The van der Waals surface area contributed by atoms with Gasteiger partial charge in [0.25, 0.3) is 5.91 Å². The highest BCUT2D eigenvalue weighted by Crippen LogP contribution is 2.33. The molecule has 1 N–H and O–H groups in total. The van der Waals surface area contributed by atoms with Crippen LogP contribution < -0.4 is 4.74 Å². The number of carboxylic acid groups (broad SMARTS) is 1. The van der Waals surface area contributed by atoms with Crippen molar-refractivity contribution >= 4 is 52.2 Å². The first-order valence-electron chi connectivity index (χ1n) is 9.29. The molecule has 0 saturated carbocycles. The zero-order chi connectivity index (χ0) is 21.0. The Labute approximate surface area is 178 Å². The lowest BCUT2D eigenvalue weighted by Crippen LogP contribution is -2.41. The Morgan fingerprint density at radius 1 is 1.28 bits per heavy atom. The van der Waals surface area contributed by atoms with Crippen LogP contribution in [0.15, 0.2) is 29.2 Å². The van der Waals surface area contributed by atoms with Gasteiger partial charge in [-0.15, -0.1) is 0 Å². The monoisotopic (exact) mass is 434 g/mol. The Morgan fingerprint density at radius 2 is 1.93 bits per heavy atom. The molecule has 7 nitrogen and oxygen atoms in total. The maximum absolute atomic E-state index is 12.7. The van der Waals surface area contributed by atoms with Crippen LogP contribution in [-0.2, 0) is 14.4 Å². The zero-order valence-corrected chi connectivity index (χ0v) is 17.6. The summed E-state index contributed by atoms with van der Waals surface area (Å²) in [4.78, 5) is 39.8. The van der Waals surface area contributed by atoms with E-state index >= 15 is 0 Å². The molecule has 0 radical (unpaired) electrons. The molecule has 9 heteroatoms. The van der Waals surface area contributed by atoms with Gasteiger partial charge in [-0.1, -0.05) is 36.1 Å². The second-order valence-corrected chi connectivity index (χ2v) is 8.53. The predicted molar refractivity (Wildman–Crippen MR) is 114 cm³/mol. The summed E-state index contributed by atoms with van der Waals surface area (Å²) in [6.45, 7) is 1.10. The summed E-state index contributed by atoms with van der Waals surface area (Å²) in [6.07, 6.45) is 2.87. The fourth-order valence-electron chi connectivity index (χ4n) is 3.29. The largest absolute Gasteiger partial charge is 0.497 e. The maximum atomic E-state index is 12.7. The molecule has 0 aromatic heterocycles. The average molecular weight is 435 g/mol. The molecule has 2 aliphatic rings. The van der Waals surface area contributed by atoms with Gasteiger partial charge in [0.15, 0.2) is 0 Å². The van der Waals surface area contributed by atoms with Crippen LogP contribution in [0, 0.1) is 5.92 Å². The van der Waals surface area contributed by atoms with E-state index in [1.165, 1.54) is 16.7 Å². The van der Waals surface area contributed by atoms with Gasteiger partial charge in [-0.3, -0.25) is 19.3 Å². The van der Waals surface area contributed by atoms with Gasteiger partial charge in [0, 0.05) is 26.1 Å². The van der Waals surface area contributed by atoms with Crippen LogP contribution in [0.25, 0.3) is 6.08 Å². The Bertz CT molecular complexity index is 845. The van der Waals surface area contributed by atoms with E-state index in [1.807, 2.05) is 24.3 Å². The average Bonchev–Trinajstić information content (AvgIpc) is 2.99. The van der Waals surface area contributed by atoms with E-state index in [0.717, 1.165) is 11.3 Å². The Kier molecular flexibility index (Phi) is 6.92. The van der Waals surface area contributed by atoms with Crippen molar-refractivity contribution in [1.29, 1.82) is 0 Å². The van der Waals surface area contributed by atoms with Gasteiger partial charge in [-0.2, -0.15) is 0 Å². The summed E-state index contributed by atoms with van der Waals surface area (Å²) < 4.78 is 5.57. The SMILES string of the molecule is COc1ccc(C=C2SC(=S)N(CCC(=O)N3CCC(C(=O)O)CC3)C2=O)cc1. The predicted octanol–water partition coefficient (Wildman–Crippen LogP) is 2.61. The zero-order valence-electron chi connectivity index (χ0n) is 16.0. The molecular weight excluding hydrogens is 412 g/mol. The Morgan fingerprint density at radius 3 is 2.52 bits per heavy atom. The smallest absolute Gasteiger partial charge is 0.306 e. The van der Waals surface area contributed by atoms with Crippen molar-refractivity contribution in [1.82, 2.24) is 9.80 Å². The first kappa shape index (κ1) is 21.3. The van der Waals surface area contributed by atoms with E-state index in [2.05, 4.69) is 0 Å². The van der Waals surface area contributed by atoms with E-state index in [9.17, 15) is 14.4 Å². The van der Waals surface area contributed by atoms with E-state index in [0.29, 0.717) is 35.2 Å². The molecule has 2 aliphatic heterocycles. The van der Waals surface area contributed by atoms with Crippen molar-refractivity contribution in [3.8, 4) is 5.75 Å². The van der Waals surface area contributed by atoms with E-state index in [4.69, 9.17) is 22.1 Å². The van der Waals surface area contributed by atoms with Gasteiger partial charge in [-0.25, -0.2) is 0 Å². The van der Waals surface area contributed by atoms with Gasteiger partial charge in [0.2, 0.25) is 5.91 Å². The number of hydrogen-bond acceptors (Lipinski definition) is 6. The van der Waals surface area contributed by atoms with Crippen molar-refractivity contribution in [2.45, 2.75) is 19.3 Å². The number of benzene rings is 1. The highest BCUT2D eigenvalue weighted by Gasteiger charge is 2.33. The second-order valence-electron chi connectivity index (χ2n) is 6.85. The molecule has 29 heavy (non-hydrogen) atoms. The number of hydrogen-bond donors (Lipinski definition) is 1. The minimum Gasteiger partial charge on any atom is -0.497 e. The fraction of sp³-hybridized carbons (Fsp3) is 0.400. The first-order valence-corrected chi connectivity index (χ1v) is 10.5. The molecule has 154 valence electrons. The third kappa shape index (κ3) is 5.16. The minimum absolute atomic E-state index is 0.0815. The number of thioether (sulfide) groups is 1. The molecule has 0 aliphatic carbocycles. The Hall–Kier alpha value is -2.39. The van der Waals surface area contributed by atoms with Crippen LogP contribution in [0.5, 0.6) is 5.75 Å². The third-order valence-electron chi connectivity index (χ3n) is 5.03. The molecule has 2 fully saturated rings. The standard InChI is InChI=1S/C20H22N2O5S2/c1-27-15-4-2-13(3-5-15)12-16-18(24)22(20(28)29-16)11-8-17(23)21-9-6-14(7-10-21)19(25)26/h2-5,12,14H,6-11H2,1H3,(H,25,26). The van der Waals surface area contributed by atoms with E-state index in [-0.39, 0.29) is 30.7 Å². The highest BCUT2D eigenvalue weighted by atomic mass is 32.2. The number of piperidine rings is 1. The molecule has 1 aromatic carbocycles. The number of rotatable bonds is 6. The van der Waals surface area contributed by atoms with Crippen LogP contribution >= 0.6 is 24.0 Å². The number of carbonyl (C=O) groups excluding carboxylic acids is 2. The van der Waals surface area contributed by atoms with Crippen LogP contribution in [0.3, 0.4) is 0 Å². The summed E-state index contributed by atoms with van der Waals surface area (Å²) in [7, 11) is 1.59. The van der Waals surface area contributed by atoms with Crippen molar-refractivity contribution in [3.63, 3.8) is 0 Å². The topological polar surface area (TPSA) is 87.2 Å². The van der Waals surface area contributed by atoms with Gasteiger partial charge < -0.3 is 14.7 Å². The molecule has 0 bridgehead atoms. The molecule has 3 rings (SSSR count). The van der Waals surface area contributed by atoms with Crippen LogP contribution in [-0.4, -0.2) is 63.8 Å². The molecule has 2 amide bonds. The van der Waals surface area contributed by atoms with E-state index in [1.54, 1.807) is 18.1 Å². The molecule has 0 spiro atoms. The van der Waals surface area contributed by atoms with Crippen molar-refractivity contribution in [2.75, 3.05) is 26.7 Å². The maximum Gasteiger partial charge on any atom is 0.306 e. The lowest BCUT2D eigenvalue weighted by molar-refractivity contribution is -0.145. The Balaban J connectivity index is 1.55. The van der Waals surface area contributed by atoms with Crippen LogP contribution in [0.1, 0.15) is 24.8 Å². The molecule has 0 atom stereocenters. The second kappa shape index (κ2) is 9.41. The number of carboxylic acids is 1. The lowest BCUT2D eigenvalue weighted by atomic mass is 9.97. The van der Waals surface area contributed by atoms with Crippen molar-refractivity contribution < 1.29 is 24.2 Å². The molecule has 2 heterocycles. The van der Waals surface area contributed by atoms with Crippen LogP contribution in [0.4, 0.5) is 0 Å². The normalized spacial score (nSPS) is 19.1. The number of amides is 2. The molecular formula is C20H22N2O5S2. The van der Waals surface area contributed by atoms with Crippen LogP contribution in [0.2, 0.25) is 0 Å². The van der Waals surface area contributed by atoms with Gasteiger partial charge in [0.05, 0.1) is 17.9 Å². The van der Waals surface area contributed by atoms with Gasteiger partial charge >= 0.3 is 5.97 Å². The number of ether oxygens (including phenoxy) is 1. The number of carbonyl (C=O) groups is 3. The van der Waals surface area contributed by atoms with Gasteiger partial charge in [0.1, 0.15) is 10.1 Å². The summed E-state index contributed by atoms with van der Waals surface area (Å²) in [6, 6.07) is 7.35. The molecule has 2 saturated heterocycles. The van der Waals surface area contributed by atoms with E-state index < -0.39 is 5.97 Å². The number of aliphatic carboxylic acids is 1. The number of nitrogens with zero attached hydrogens (tertiary/aromatic N) is 2. The number of likely N-dealkylation sites (tertiary alicyclic amines) is 1. The first-order chi connectivity index (χ1) is 13.9. The summed E-state index contributed by atoms with van der Waals surface area (Å²) in [5, 5.41) is 9.05. The molecule has 1 aromatic rings. The summed E-state index contributed by atoms with van der Waals surface area (Å²) >= 11 is 6.54.